The maximum absolute atomic E-state index is 12.4. The number of ether oxygens (including phenoxy) is 1. The Labute approximate surface area is 118 Å². The van der Waals surface area contributed by atoms with E-state index in [0.717, 1.165) is 57.7 Å². The molecule has 0 aromatic carbocycles. The lowest BCUT2D eigenvalue weighted by molar-refractivity contribution is 0.0770. The fourth-order valence-corrected chi connectivity index (χ4v) is 3.39. The third kappa shape index (κ3) is 2.24. The summed E-state index contributed by atoms with van der Waals surface area (Å²) >= 11 is 0. The average Bonchev–Trinajstić information content (AvgIpc) is 2.97. The maximum atomic E-state index is 12.4. The van der Waals surface area contributed by atoms with E-state index in [0.29, 0.717) is 23.4 Å². The first-order valence-corrected chi connectivity index (χ1v) is 7.65. The van der Waals surface area contributed by atoms with E-state index in [2.05, 4.69) is 5.16 Å². The van der Waals surface area contributed by atoms with Crippen molar-refractivity contribution in [3.8, 4) is 0 Å². The third-order valence-electron chi connectivity index (χ3n) is 4.87. The van der Waals surface area contributed by atoms with Gasteiger partial charge in [-0.25, -0.2) is 0 Å². The van der Waals surface area contributed by atoms with Crippen molar-refractivity contribution in [2.45, 2.75) is 31.6 Å². The molecule has 108 valence electrons. The monoisotopic (exact) mass is 276 g/mol. The molecular formula is C15H20N2O3. The standard InChI is InChI=1S/C15H20N2O3/c18-15(13-7-14(20-16-13)10-1-2-10)17-5-3-11(8-17)12-4-6-19-9-12/h7,10-12H,1-6,8-9H2/t11-,12-/m0/s1. The summed E-state index contributed by atoms with van der Waals surface area (Å²) in [4.78, 5) is 14.4. The van der Waals surface area contributed by atoms with Crippen LogP contribution in [-0.4, -0.2) is 42.3 Å². The molecule has 0 N–H and O–H groups in total. The second kappa shape index (κ2) is 4.88. The van der Waals surface area contributed by atoms with E-state index < -0.39 is 0 Å². The Bertz CT molecular complexity index is 503. The van der Waals surface area contributed by atoms with Gasteiger partial charge in [0.2, 0.25) is 0 Å². The second-order valence-electron chi connectivity index (χ2n) is 6.31. The van der Waals surface area contributed by atoms with Crippen LogP contribution in [-0.2, 0) is 4.74 Å². The summed E-state index contributed by atoms with van der Waals surface area (Å²) in [6.45, 7) is 3.43. The van der Waals surface area contributed by atoms with E-state index in [4.69, 9.17) is 9.26 Å². The Morgan fingerprint density at radius 1 is 1.25 bits per heavy atom. The van der Waals surface area contributed by atoms with Gasteiger partial charge >= 0.3 is 0 Å². The molecule has 1 amide bonds. The predicted molar refractivity (Wildman–Crippen MR) is 71.4 cm³/mol. The highest BCUT2D eigenvalue weighted by Crippen LogP contribution is 2.40. The average molecular weight is 276 g/mol. The van der Waals surface area contributed by atoms with Crippen molar-refractivity contribution in [3.05, 3.63) is 17.5 Å². The van der Waals surface area contributed by atoms with Crippen LogP contribution in [0.25, 0.3) is 0 Å². The number of carbonyl (C=O) groups is 1. The van der Waals surface area contributed by atoms with E-state index in [-0.39, 0.29) is 5.91 Å². The Balaban J connectivity index is 1.40. The van der Waals surface area contributed by atoms with Crippen LogP contribution in [0.2, 0.25) is 0 Å². The third-order valence-corrected chi connectivity index (χ3v) is 4.87. The Morgan fingerprint density at radius 3 is 2.90 bits per heavy atom. The van der Waals surface area contributed by atoms with Crippen LogP contribution < -0.4 is 0 Å². The van der Waals surface area contributed by atoms with E-state index in [9.17, 15) is 4.79 Å². The molecule has 3 fully saturated rings. The van der Waals surface area contributed by atoms with Crippen molar-refractivity contribution in [1.29, 1.82) is 0 Å². The first-order chi connectivity index (χ1) is 9.81. The van der Waals surface area contributed by atoms with E-state index in [1.807, 2.05) is 11.0 Å². The molecular weight excluding hydrogens is 256 g/mol. The zero-order chi connectivity index (χ0) is 13.5. The Morgan fingerprint density at radius 2 is 2.15 bits per heavy atom. The summed E-state index contributed by atoms with van der Waals surface area (Å²) in [7, 11) is 0. The molecule has 20 heavy (non-hydrogen) atoms. The fraction of sp³-hybridized carbons (Fsp3) is 0.733. The zero-order valence-electron chi connectivity index (χ0n) is 11.6. The molecule has 1 aliphatic carbocycles. The van der Waals surface area contributed by atoms with Crippen molar-refractivity contribution in [2.24, 2.45) is 11.8 Å². The fourth-order valence-electron chi connectivity index (χ4n) is 3.39. The summed E-state index contributed by atoms with van der Waals surface area (Å²) in [5.41, 5.74) is 0.482. The van der Waals surface area contributed by atoms with Crippen LogP contribution in [0, 0.1) is 11.8 Å². The van der Waals surface area contributed by atoms with Gasteiger partial charge in [0, 0.05) is 38.3 Å². The summed E-state index contributed by atoms with van der Waals surface area (Å²) in [5, 5.41) is 3.95. The van der Waals surface area contributed by atoms with Gasteiger partial charge in [0.15, 0.2) is 5.69 Å². The molecule has 4 rings (SSSR count). The van der Waals surface area contributed by atoms with Gasteiger partial charge in [-0.15, -0.1) is 0 Å². The van der Waals surface area contributed by atoms with E-state index in [1.54, 1.807) is 0 Å². The summed E-state index contributed by atoms with van der Waals surface area (Å²) < 4.78 is 10.7. The first kappa shape index (κ1) is 12.4. The lowest BCUT2D eigenvalue weighted by Crippen LogP contribution is -2.30. The van der Waals surface area contributed by atoms with Gasteiger partial charge in [0.05, 0.1) is 0 Å². The van der Waals surface area contributed by atoms with Crippen LogP contribution in [0.4, 0.5) is 0 Å². The molecule has 3 aliphatic rings. The number of carbonyl (C=O) groups excluding carboxylic acids is 1. The second-order valence-corrected chi connectivity index (χ2v) is 6.31. The molecule has 0 radical (unpaired) electrons. The highest BCUT2D eigenvalue weighted by Gasteiger charge is 2.35. The van der Waals surface area contributed by atoms with E-state index in [1.165, 1.54) is 0 Å². The van der Waals surface area contributed by atoms with Crippen LogP contribution in [0.1, 0.15) is 47.8 Å². The van der Waals surface area contributed by atoms with Crippen LogP contribution in [0.15, 0.2) is 10.6 Å². The Kier molecular flexibility index (Phi) is 3.02. The minimum atomic E-state index is 0.0297. The summed E-state index contributed by atoms with van der Waals surface area (Å²) in [6, 6.07) is 1.84. The van der Waals surface area contributed by atoms with Crippen molar-refractivity contribution in [2.75, 3.05) is 26.3 Å². The van der Waals surface area contributed by atoms with Crippen LogP contribution in [0.5, 0.6) is 0 Å². The van der Waals surface area contributed by atoms with Gasteiger partial charge in [0.25, 0.3) is 5.91 Å². The number of rotatable bonds is 3. The van der Waals surface area contributed by atoms with Crippen molar-refractivity contribution >= 4 is 5.91 Å². The normalized spacial score (nSPS) is 30.1. The molecule has 3 heterocycles. The number of hydrogen-bond donors (Lipinski definition) is 0. The number of aromatic nitrogens is 1. The van der Waals surface area contributed by atoms with Gasteiger partial charge in [-0.2, -0.15) is 0 Å². The molecule has 5 heteroatoms. The minimum absolute atomic E-state index is 0.0297. The largest absolute Gasteiger partial charge is 0.381 e. The Hall–Kier alpha value is -1.36. The molecule has 2 saturated heterocycles. The van der Waals surface area contributed by atoms with E-state index >= 15 is 0 Å². The molecule has 1 aromatic heterocycles. The van der Waals surface area contributed by atoms with Crippen LogP contribution >= 0.6 is 0 Å². The minimum Gasteiger partial charge on any atom is -0.381 e. The highest BCUT2D eigenvalue weighted by molar-refractivity contribution is 5.92. The molecule has 5 nitrogen and oxygen atoms in total. The van der Waals surface area contributed by atoms with Crippen LogP contribution in [0.3, 0.4) is 0 Å². The zero-order valence-corrected chi connectivity index (χ0v) is 11.6. The maximum Gasteiger partial charge on any atom is 0.276 e. The molecule has 1 saturated carbocycles. The molecule has 1 aromatic rings. The van der Waals surface area contributed by atoms with Crippen molar-refractivity contribution in [1.82, 2.24) is 10.1 Å². The van der Waals surface area contributed by atoms with Crippen molar-refractivity contribution in [3.63, 3.8) is 0 Å². The topological polar surface area (TPSA) is 55.6 Å². The van der Waals surface area contributed by atoms with Gasteiger partial charge in [-0.05, 0) is 37.5 Å². The highest BCUT2D eigenvalue weighted by atomic mass is 16.5. The number of amides is 1. The molecule has 2 aliphatic heterocycles. The smallest absolute Gasteiger partial charge is 0.276 e. The van der Waals surface area contributed by atoms with Gasteiger partial charge in [-0.3, -0.25) is 4.79 Å². The molecule has 0 bridgehead atoms. The number of nitrogens with zero attached hydrogens (tertiary/aromatic N) is 2. The lowest BCUT2D eigenvalue weighted by atomic mass is 9.91. The van der Waals surface area contributed by atoms with Gasteiger partial charge in [0.1, 0.15) is 5.76 Å². The predicted octanol–water partition coefficient (Wildman–Crippen LogP) is 2.05. The van der Waals surface area contributed by atoms with Crippen molar-refractivity contribution < 1.29 is 14.1 Å². The lowest BCUT2D eigenvalue weighted by Gasteiger charge is -2.18. The molecule has 0 unspecified atom stereocenters. The quantitative estimate of drug-likeness (QED) is 0.848. The summed E-state index contributed by atoms with van der Waals surface area (Å²) in [6.07, 6.45) is 4.56. The molecule has 2 atom stereocenters. The number of hydrogen-bond acceptors (Lipinski definition) is 4. The van der Waals surface area contributed by atoms with Gasteiger partial charge < -0.3 is 14.2 Å². The van der Waals surface area contributed by atoms with Gasteiger partial charge in [-0.1, -0.05) is 5.16 Å². The molecule has 0 spiro atoms. The SMILES string of the molecule is O=C(c1cc(C2CC2)on1)N1CC[C@H]([C@H]2CCOC2)C1. The summed E-state index contributed by atoms with van der Waals surface area (Å²) in [5.74, 6) is 2.64. The number of likely N-dealkylation sites (tertiary alicyclic amines) is 1. The first-order valence-electron chi connectivity index (χ1n) is 7.65.